The first-order valence-electron chi connectivity index (χ1n) is 8.91. The van der Waals surface area contributed by atoms with Gasteiger partial charge in [0, 0.05) is 25.7 Å². The van der Waals surface area contributed by atoms with Gasteiger partial charge in [-0.15, -0.1) is 10.2 Å². The van der Waals surface area contributed by atoms with E-state index in [1.807, 2.05) is 31.2 Å². The van der Waals surface area contributed by atoms with Crippen LogP contribution in [0.3, 0.4) is 0 Å². The lowest BCUT2D eigenvalue weighted by atomic mass is 9.83. The van der Waals surface area contributed by atoms with Crippen LogP contribution in [0.2, 0.25) is 0 Å². The highest BCUT2D eigenvalue weighted by molar-refractivity contribution is 5.80. The first-order valence-corrected chi connectivity index (χ1v) is 8.91. The summed E-state index contributed by atoms with van der Waals surface area (Å²) in [5.41, 5.74) is 1.80. The Morgan fingerprint density at radius 1 is 1.26 bits per heavy atom. The number of aromatic amines is 1. The van der Waals surface area contributed by atoms with Crippen molar-refractivity contribution in [3.63, 3.8) is 0 Å². The van der Waals surface area contributed by atoms with Gasteiger partial charge in [0.1, 0.15) is 0 Å². The summed E-state index contributed by atoms with van der Waals surface area (Å²) in [6.07, 6.45) is 1.79. The van der Waals surface area contributed by atoms with Crippen molar-refractivity contribution >= 4 is 17.6 Å². The molecule has 1 aromatic heterocycles. The average Bonchev–Trinajstić information content (AvgIpc) is 3.17. The van der Waals surface area contributed by atoms with E-state index in [-0.39, 0.29) is 18.4 Å². The van der Waals surface area contributed by atoms with Crippen LogP contribution < -0.4 is 5.32 Å². The van der Waals surface area contributed by atoms with Crippen LogP contribution >= 0.6 is 0 Å². The number of aromatic nitrogens is 4. The fraction of sp³-hybridized carbons (Fsp3) is 0.500. The Morgan fingerprint density at radius 2 is 1.96 bits per heavy atom. The molecule has 0 spiro atoms. The molecule has 1 amide bonds. The number of carbonyl (C=O) groups excluding carboxylic acids is 1. The Kier molecular flexibility index (Phi) is 7.27. The van der Waals surface area contributed by atoms with E-state index in [1.165, 1.54) is 4.90 Å². The summed E-state index contributed by atoms with van der Waals surface area (Å²) in [4.78, 5) is 24.9. The molecule has 27 heavy (non-hydrogen) atoms. The molecule has 2 aromatic rings. The van der Waals surface area contributed by atoms with Gasteiger partial charge in [0.05, 0.1) is 12.5 Å². The molecule has 0 aliphatic heterocycles. The second-order valence-corrected chi connectivity index (χ2v) is 6.65. The fourth-order valence-corrected chi connectivity index (χ4v) is 2.90. The summed E-state index contributed by atoms with van der Waals surface area (Å²) < 4.78 is 0. The molecule has 2 rings (SSSR count). The van der Waals surface area contributed by atoms with Crippen LogP contribution in [0.4, 0.5) is 5.69 Å². The van der Waals surface area contributed by atoms with Crippen LogP contribution in [-0.4, -0.2) is 63.1 Å². The molecule has 0 saturated heterocycles. The minimum absolute atomic E-state index is 0.0138. The first kappa shape index (κ1) is 20.3. The number of hydrogen-bond donors (Lipinski definition) is 3. The molecular formula is C18H26N6O3. The summed E-state index contributed by atoms with van der Waals surface area (Å²) in [5.74, 6) is -1.40. The van der Waals surface area contributed by atoms with E-state index < -0.39 is 11.9 Å². The highest BCUT2D eigenvalue weighted by Crippen LogP contribution is 2.30. The van der Waals surface area contributed by atoms with Gasteiger partial charge in [0.15, 0.2) is 5.82 Å². The number of aliphatic carboxylic acids is 1. The third-order valence-corrected chi connectivity index (χ3v) is 4.45. The Bertz CT molecular complexity index is 730. The van der Waals surface area contributed by atoms with E-state index in [4.69, 9.17) is 0 Å². The number of nitrogens with zero attached hydrogens (tertiary/aromatic N) is 4. The second-order valence-electron chi connectivity index (χ2n) is 6.65. The van der Waals surface area contributed by atoms with Crippen molar-refractivity contribution in [3.05, 3.63) is 35.7 Å². The van der Waals surface area contributed by atoms with E-state index in [0.29, 0.717) is 18.7 Å². The number of carbonyl (C=O) groups is 2. The largest absolute Gasteiger partial charge is 0.481 e. The second kappa shape index (κ2) is 9.65. The lowest BCUT2D eigenvalue weighted by Crippen LogP contribution is -2.28. The number of likely N-dealkylation sites (N-methyl/N-ethyl adjacent to an activating group) is 1. The maximum Gasteiger partial charge on any atom is 0.307 e. The number of carboxylic acids is 1. The summed E-state index contributed by atoms with van der Waals surface area (Å²) in [5, 5.41) is 26.7. The zero-order chi connectivity index (χ0) is 19.8. The number of H-pyrrole nitrogens is 1. The van der Waals surface area contributed by atoms with Crippen LogP contribution in [0.1, 0.15) is 37.1 Å². The fourth-order valence-electron chi connectivity index (χ4n) is 2.90. The Hall–Kier alpha value is -2.97. The van der Waals surface area contributed by atoms with Gasteiger partial charge >= 0.3 is 5.97 Å². The molecule has 0 aliphatic carbocycles. The van der Waals surface area contributed by atoms with Crippen molar-refractivity contribution in [3.8, 4) is 0 Å². The molecule has 0 bridgehead atoms. The lowest BCUT2D eigenvalue weighted by Gasteiger charge is -2.21. The normalized spacial score (nSPS) is 13.0. The third-order valence-electron chi connectivity index (χ3n) is 4.45. The summed E-state index contributed by atoms with van der Waals surface area (Å²) in [6, 6.07) is 7.59. The van der Waals surface area contributed by atoms with Crippen molar-refractivity contribution in [2.24, 2.45) is 5.92 Å². The van der Waals surface area contributed by atoms with Crippen molar-refractivity contribution in [1.29, 1.82) is 0 Å². The van der Waals surface area contributed by atoms with Crippen LogP contribution in [0.5, 0.6) is 0 Å². The Morgan fingerprint density at radius 3 is 2.48 bits per heavy atom. The van der Waals surface area contributed by atoms with Crippen LogP contribution in [0.15, 0.2) is 24.3 Å². The van der Waals surface area contributed by atoms with Gasteiger partial charge in [-0.25, -0.2) is 0 Å². The molecule has 9 heteroatoms. The highest BCUT2D eigenvalue weighted by Gasteiger charge is 2.31. The lowest BCUT2D eigenvalue weighted by molar-refractivity contribution is -0.143. The molecular weight excluding hydrogens is 348 g/mol. The van der Waals surface area contributed by atoms with E-state index >= 15 is 0 Å². The maximum atomic E-state index is 11.7. The number of tetrazole rings is 1. The molecule has 1 aromatic carbocycles. The van der Waals surface area contributed by atoms with Crippen LogP contribution in [0.25, 0.3) is 0 Å². The van der Waals surface area contributed by atoms with Gasteiger partial charge in [0.25, 0.3) is 0 Å². The van der Waals surface area contributed by atoms with Gasteiger partial charge < -0.3 is 15.3 Å². The van der Waals surface area contributed by atoms with Gasteiger partial charge in [-0.3, -0.25) is 9.59 Å². The van der Waals surface area contributed by atoms with Crippen LogP contribution in [0, 0.1) is 5.92 Å². The number of benzene rings is 1. The van der Waals surface area contributed by atoms with Crippen molar-refractivity contribution in [2.75, 3.05) is 26.0 Å². The molecule has 0 fully saturated rings. The number of amides is 1. The molecule has 1 heterocycles. The zero-order valence-electron chi connectivity index (χ0n) is 15.8. The number of nitrogens with one attached hydrogen (secondary N) is 2. The molecule has 0 radical (unpaired) electrons. The first-order chi connectivity index (χ1) is 12.9. The van der Waals surface area contributed by atoms with Gasteiger partial charge in [-0.05, 0) is 30.5 Å². The summed E-state index contributed by atoms with van der Waals surface area (Å²) in [7, 11) is 3.42. The standard InChI is InChI=1S/C18H26N6O3/c1-4-5-14(18(26)27)15(17-20-22-23-21-17)10-12-6-8-13(9-7-12)19-11-16(25)24(2)3/h6-9,14-15,19H,4-5,10-11H2,1-3H3,(H,26,27)(H,20,21,22,23). The number of carboxylic acid groups (broad SMARTS) is 1. The monoisotopic (exact) mass is 374 g/mol. The molecule has 0 aliphatic rings. The summed E-state index contributed by atoms with van der Waals surface area (Å²) >= 11 is 0. The number of anilines is 1. The Balaban J connectivity index is 2.11. The van der Waals surface area contributed by atoms with Crippen molar-refractivity contribution in [2.45, 2.75) is 32.1 Å². The molecule has 2 unspecified atom stereocenters. The molecule has 2 atom stereocenters. The van der Waals surface area contributed by atoms with E-state index in [9.17, 15) is 14.7 Å². The average molecular weight is 374 g/mol. The maximum absolute atomic E-state index is 11.7. The quantitative estimate of drug-likeness (QED) is 0.576. The van der Waals surface area contributed by atoms with Gasteiger partial charge in [-0.1, -0.05) is 30.7 Å². The smallest absolute Gasteiger partial charge is 0.307 e. The van der Waals surface area contributed by atoms with E-state index in [2.05, 4.69) is 25.9 Å². The van der Waals surface area contributed by atoms with Crippen molar-refractivity contribution < 1.29 is 14.7 Å². The number of rotatable bonds is 10. The van der Waals surface area contributed by atoms with Crippen molar-refractivity contribution in [1.82, 2.24) is 25.5 Å². The zero-order valence-corrected chi connectivity index (χ0v) is 15.8. The minimum atomic E-state index is -0.855. The predicted octanol–water partition coefficient (Wildman–Crippen LogP) is 1.53. The molecule has 9 nitrogen and oxygen atoms in total. The molecule has 3 N–H and O–H groups in total. The van der Waals surface area contributed by atoms with Gasteiger partial charge in [0.2, 0.25) is 5.91 Å². The van der Waals surface area contributed by atoms with E-state index in [1.54, 1.807) is 14.1 Å². The van der Waals surface area contributed by atoms with Gasteiger partial charge in [-0.2, -0.15) is 5.21 Å². The number of hydrogen-bond acceptors (Lipinski definition) is 6. The minimum Gasteiger partial charge on any atom is -0.481 e. The highest BCUT2D eigenvalue weighted by atomic mass is 16.4. The van der Waals surface area contributed by atoms with E-state index in [0.717, 1.165) is 17.7 Å². The molecule has 146 valence electrons. The molecule has 0 saturated carbocycles. The summed E-state index contributed by atoms with van der Waals surface area (Å²) in [6.45, 7) is 2.17. The predicted molar refractivity (Wildman–Crippen MR) is 100 cm³/mol. The van der Waals surface area contributed by atoms with Crippen LogP contribution in [-0.2, 0) is 16.0 Å². The topological polar surface area (TPSA) is 124 Å². The SMILES string of the molecule is CCCC(C(=O)O)C(Cc1ccc(NCC(=O)N(C)C)cc1)c1nn[nH]n1. The third kappa shape index (κ3) is 5.77. The Labute approximate surface area is 158 Å².